The lowest BCUT2D eigenvalue weighted by molar-refractivity contribution is -0.125. The van der Waals surface area contributed by atoms with Gasteiger partial charge in [0.15, 0.2) is 11.5 Å². The largest absolute Gasteiger partial charge is 0.493 e. The Morgan fingerprint density at radius 3 is 2.93 bits per heavy atom. The molecule has 0 bridgehead atoms. The van der Waals surface area contributed by atoms with Crippen molar-refractivity contribution in [2.24, 2.45) is 5.92 Å². The SMILES string of the molecule is CCOc1ccc(CNC(=O)C2CCCN(c3nc4ccccc4[nH]3)C2)cc1OC. The van der Waals surface area contributed by atoms with Crippen LogP contribution >= 0.6 is 0 Å². The molecule has 158 valence electrons. The second-order valence-electron chi connectivity index (χ2n) is 7.50. The Labute approximate surface area is 176 Å². The Kier molecular flexibility index (Phi) is 6.07. The third-order valence-electron chi connectivity index (χ3n) is 5.46. The third-order valence-corrected chi connectivity index (χ3v) is 5.46. The molecule has 2 heterocycles. The van der Waals surface area contributed by atoms with Crippen LogP contribution in [-0.2, 0) is 11.3 Å². The number of benzene rings is 2. The van der Waals surface area contributed by atoms with E-state index in [-0.39, 0.29) is 11.8 Å². The van der Waals surface area contributed by atoms with Crippen LogP contribution in [0.5, 0.6) is 11.5 Å². The van der Waals surface area contributed by atoms with E-state index in [1.54, 1.807) is 7.11 Å². The number of nitrogens with one attached hydrogen (secondary N) is 2. The second kappa shape index (κ2) is 9.07. The molecule has 1 aromatic heterocycles. The Bertz CT molecular complexity index is 984. The van der Waals surface area contributed by atoms with Gasteiger partial charge in [0.1, 0.15) is 0 Å². The molecule has 0 radical (unpaired) electrons. The van der Waals surface area contributed by atoms with E-state index in [0.29, 0.717) is 31.2 Å². The van der Waals surface area contributed by atoms with Gasteiger partial charge in [0.2, 0.25) is 11.9 Å². The predicted molar refractivity (Wildman–Crippen MR) is 117 cm³/mol. The fourth-order valence-electron chi connectivity index (χ4n) is 3.90. The normalized spacial score (nSPS) is 16.5. The molecule has 1 amide bonds. The maximum absolute atomic E-state index is 12.8. The van der Waals surface area contributed by atoms with Crippen LogP contribution in [0.15, 0.2) is 42.5 Å². The van der Waals surface area contributed by atoms with Crippen molar-refractivity contribution in [2.75, 3.05) is 31.7 Å². The first-order valence-electron chi connectivity index (χ1n) is 10.4. The molecule has 0 spiro atoms. The van der Waals surface area contributed by atoms with Gasteiger partial charge in [-0.2, -0.15) is 0 Å². The van der Waals surface area contributed by atoms with Gasteiger partial charge < -0.3 is 24.7 Å². The first kappa shape index (κ1) is 20.1. The van der Waals surface area contributed by atoms with Gasteiger partial charge >= 0.3 is 0 Å². The van der Waals surface area contributed by atoms with Crippen molar-refractivity contribution in [3.05, 3.63) is 48.0 Å². The molecule has 1 aliphatic heterocycles. The number of aromatic nitrogens is 2. The van der Waals surface area contributed by atoms with Crippen LogP contribution in [0.25, 0.3) is 11.0 Å². The maximum atomic E-state index is 12.8. The number of amides is 1. The summed E-state index contributed by atoms with van der Waals surface area (Å²) in [5.74, 6) is 2.24. The van der Waals surface area contributed by atoms with E-state index in [1.807, 2.05) is 49.4 Å². The first-order chi connectivity index (χ1) is 14.7. The predicted octanol–water partition coefficient (Wildman–Crippen LogP) is 3.50. The molecule has 30 heavy (non-hydrogen) atoms. The Morgan fingerprint density at radius 2 is 2.13 bits per heavy atom. The Hall–Kier alpha value is -3.22. The lowest BCUT2D eigenvalue weighted by Crippen LogP contribution is -2.43. The van der Waals surface area contributed by atoms with Gasteiger partial charge in [-0.15, -0.1) is 0 Å². The lowest BCUT2D eigenvalue weighted by atomic mass is 9.97. The van der Waals surface area contributed by atoms with E-state index in [9.17, 15) is 4.79 Å². The van der Waals surface area contributed by atoms with E-state index >= 15 is 0 Å². The molecular formula is C23H28N4O3. The number of methoxy groups -OCH3 is 1. The summed E-state index contributed by atoms with van der Waals surface area (Å²) in [6.07, 6.45) is 1.85. The summed E-state index contributed by atoms with van der Waals surface area (Å²) < 4.78 is 10.9. The van der Waals surface area contributed by atoms with E-state index in [2.05, 4.69) is 20.2 Å². The number of carbonyl (C=O) groups is 1. The number of rotatable bonds is 7. The topological polar surface area (TPSA) is 79.5 Å². The minimum absolute atomic E-state index is 0.0587. The monoisotopic (exact) mass is 408 g/mol. The Morgan fingerprint density at radius 1 is 1.27 bits per heavy atom. The summed E-state index contributed by atoms with van der Waals surface area (Å²) >= 11 is 0. The van der Waals surface area contributed by atoms with Gasteiger partial charge in [-0.3, -0.25) is 4.79 Å². The van der Waals surface area contributed by atoms with Crippen molar-refractivity contribution < 1.29 is 14.3 Å². The van der Waals surface area contributed by atoms with Crippen molar-refractivity contribution in [2.45, 2.75) is 26.3 Å². The smallest absolute Gasteiger partial charge is 0.225 e. The number of hydrogen-bond donors (Lipinski definition) is 2. The summed E-state index contributed by atoms with van der Waals surface area (Å²) in [5, 5.41) is 3.08. The molecule has 4 rings (SSSR count). The fourth-order valence-corrected chi connectivity index (χ4v) is 3.90. The Balaban J connectivity index is 1.37. The van der Waals surface area contributed by atoms with Crippen molar-refractivity contribution >= 4 is 22.9 Å². The zero-order valence-electron chi connectivity index (χ0n) is 17.5. The highest BCUT2D eigenvalue weighted by Crippen LogP contribution is 2.28. The molecule has 7 heteroatoms. The number of ether oxygens (including phenoxy) is 2. The molecule has 2 N–H and O–H groups in total. The first-order valence-corrected chi connectivity index (χ1v) is 10.4. The molecule has 2 aromatic carbocycles. The lowest BCUT2D eigenvalue weighted by Gasteiger charge is -2.31. The van der Waals surface area contributed by atoms with Gasteiger partial charge in [-0.05, 0) is 49.6 Å². The van der Waals surface area contributed by atoms with Crippen molar-refractivity contribution in [3.8, 4) is 11.5 Å². The quantitative estimate of drug-likeness (QED) is 0.626. The highest BCUT2D eigenvalue weighted by Gasteiger charge is 2.27. The third kappa shape index (κ3) is 4.35. The molecule has 3 aromatic rings. The summed E-state index contributed by atoms with van der Waals surface area (Å²) in [4.78, 5) is 23.0. The fraction of sp³-hybridized carbons (Fsp3) is 0.391. The minimum atomic E-state index is -0.0587. The standard InChI is InChI=1S/C23H28N4O3/c1-3-30-20-11-10-16(13-21(20)29-2)14-24-22(28)17-7-6-12-27(15-17)23-25-18-8-4-5-9-19(18)26-23/h4-5,8-11,13,17H,3,6-7,12,14-15H2,1-2H3,(H,24,28)(H,25,26). The molecule has 1 atom stereocenters. The highest BCUT2D eigenvalue weighted by molar-refractivity contribution is 5.80. The number of fused-ring (bicyclic) bond motifs is 1. The van der Waals surface area contributed by atoms with Gasteiger partial charge in [0.05, 0.1) is 30.7 Å². The summed E-state index contributed by atoms with van der Waals surface area (Å²) in [7, 11) is 1.62. The summed E-state index contributed by atoms with van der Waals surface area (Å²) in [5.41, 5.74) is 2.95. The van der Waals surface area contributed by atoms with Crippen LogP contribution in [0, 0.1) is 5.92 Å². The number of para-hydroxylation sites is 2. The molecule has 0 saturated carbocycles. The maximum Gasteiger partial charge on any atom is 0.225 e. The average Bonchev–Trinajstić information content (AvgIpc) is 3.23. The molecule has 1 fully saturated rings. The number of imidazole rings is 1. The summed E-state index contributed by atoms with van der Waals surface area (Å²) in [6.45, 7) is 4.54. The van der Waals surface area contributed by atoms with Crippen molar-refractivity contribution in [3.63, 3.8) is 0 Å². The number of piperidine rings is 1. The number of aromatic amines is 1. The molecule has 7 nitrogen and oxygen atoms in total. The van der Waals surface area contributed by atoms with Crippen LogP contribution in [0.2, 0.25) is 0 Å². The van der Waals surface area contributed by atoms with Gasteiger partial charge in [0, 0.05) is 19.6 Å². The van der Waals surface area contributed by atoms with E-state index in [4.69, 9.17) is 9.47 Å². The average molecular weight is 409 g/mol. The molecule has 0 aliphatic carbocycles. The zero-order chi connectivity index (χ0) is 20.9. The van der Waals surface area contributed by atoms with Gasteiger partial charge in [-0.1, -0.05) is 18.2 Å². The number of hydrogen-bond acceptors (Lipinski definition) is 5. The van der Waals surface area contributed by atoms with Gasteiger partial charge in [-0.25, -0.2) is 4.98 Å². The van der Waals surface area contributed by atoms with Crippen LogP contribution in [-0.4, -0.2) is 42.7 Å². The van der Waals surface area contributed by atoms with E-state index in [0.717, 1.165) is 41.9 Å². The van der Waals surface area contributed by atoms with Crippen molar-refractivity contribution in [1.29, 1.82) is 0 Å². The molecule has 1 aliphatic rings. The van der Waals surface area contributed by atoms with E-state index in [1.165, 1.54) is 0 Å². The number of H-pyrrole nitrogens is 1. The molecule has 1 saturated heterocycles. The van der Waals surface area contributed by atoms with Crippen LogP contribution < -0.4 is 19.7 Å². The number of carbonyl (C=O) groups excluding carboxylic acids is 1. The highest BCUT2D eigenvalue weighted by atomic mass is 16.5. The number of nitrogens with zero attached hydrogens (tertiary/aromatic N) is 2. The number of anilines is 1. The molecular weight excluding hydrogens is 380 g/mol. The van der Waals surface area contributed by atoms with Crippen LogP contribution in [0.4, 0.5) is 5.95 Å². The van der Waals surface area contributed by atoms with Crippen LogP contribution in [0.1, 0.15) is 25.3 Å². The minimum Gasteiger partial charge on any atom is -0.493 e. The zero-order valence-corrected chi connectivity index (χ0v) is 17.5. The van der Waals surface area contributed by atoms with Gasteiger partial charge in [0.25, 0.3) is 0 Å². The van der Waals surface area contributed by atoms with Crippen molar-refractivity contribution in [1.82, 2.24) is 15.3 Å². The summed E-state index contributed by atoms with van der Waals surface area (Å²) in [6, 6.07) is 13.7. The van der Waals surface area contributed by atoms with E-state index < -0.39 is 0 Å². The van der Waals surface area contributed by atoms with Crippen LogP contribution in [0.3, 0.4) is 0 Å². The molecule has 1 unspecified atom stereocenters. The second-order valence-corrected chi connectivity index (χ2v) is 7.50.